The molecule has 0 atom stereocenters. The minimum absolute atomic E-state index is 0. The van der Waals surface area contributed by atoms with Gasteiger partial charge >= 0.3 is 0 Å². The Balaban J connectivity index is 0.00000529. The molecule has 0 saturated heterocycles. The van der Waals surface area contributed by atoms with Gasteiger partial charge in [-0.1, -0.05) is 44.2 Å². The largest absolute Gasteiger partial charge is 0.356 e. The number of aliphatic imine (C=N–C) groups is 1. The van der Waals surface area contributed by atoms with Gasteiger partial charge in [0.15, 0.2) is 5.96 Å². The lowest BCUT2D eigenvalue weighted by molar-refractivity contribution is 0.508. The van der Waals surface area contributed by atoms with Crippen LogP contribution in [0.15, 0.2) is 35.3 Å². The van der Waals surface area contributed by atoms with Gasteiger partial charge in [0.25, 0.3) is 0 Å². The van der Waals surface area contributed by atoms with E-state index in [-0.39, 0.29) is 29.4 Å². The molecule has 0 amide bonds. The van der Waals surface area contributed by atoms with E-state index in [1.165, 1.54) is 5.56 Å². The highest BCUT2D eigenvalue weighted by Crippen LogP contribution is 2.21. The van der Waals surface area contributed by atoms with E-state index in [2.05, 4.69) is 46.3 Å². The Morgan fingerprint density at radius 1 is 1.12 bits per heavy atom. The van der Waals surface area contributed by atoms with E-state index >= 15 is 0 Å². The summed E-state index contributed by atoms with van der Waals surface area (Å²) in [5, 5.41) is 6.50. The van der Waals surface area contributed by atoms with E-state index in [4.69, 9.17) is 0 Å². The fourth-order valence-electron chi connectivity index (χ4n) is 2.07. The van der Waals surface area contributed by atoms with Crippen LogP contribution in [0.25, 0.3) is 0 Å². The molecule has 1 aromatic rings. The highest BCUT2D eigenvalue weighted by molar-refractivity contribution is 14.0. The van der Waals surface area contributed by atoms with Gasteiger partial charge in [-0.2, -0.15) is 0 Å². The van der Waals surface area contributed by atoms with E-state index in [9.17, 15) is 8.42 Å². The molecule has 6 nitrogen and oxygen atoms in total. The van der Waals surface area contributed by atoms with Crippen molar-refractivity contribution in [2.45, 2.75) is 25.7 Å². The second-order valence-electron chi connectivity index (χ2n) is 6.12. The zero-order valence-electron chi connectivity index (χ0n) is 14.8. The zero-order chi connectivity index (χ0) is 17.3. The average molecular weight is 468 g/mol. The van der Waals surface area contributed by atoms with Crippen molar-refractivity contribution in [3.8, 4) is 0 Å². The number of halogens is 1. The summed E-state index contributed by atoms with van der Waals surface area (Å²) in [7, 11) is -1.39. The fourth-order valence-corrected chi connectivity index (χ4v) is 2.58. The fraction of sp³-hybridized carbons (Fsp3) is 0.562. The number of benzene rings is 1. The first kappa shape index (κ1) is 23.1. The molecule has 8 heteroatoms. The molecule has 24 heavy (non-hydrogen) atoms. The van der Waals surface area contributed by atoms with Gasteiger partial charge in [-0.25, -0.2) is 13.1 Å². The zero-order valence-corrected chi connectivity index (χ0v) is 17.9. The lowest BCUT2D eigenvalue weighted by Gasteiger charge is -2.26. The van der Waals surface area contributed by atoms with E-state index in [1.807, 2.05) is 18.2 Å². The number of nitrogens with zero attached hydrogens (tertiary/aromatic N) is 1. The van der Waals surface area contributed by atoms with Crippen molar-refractivity contribution in [3.05, 3.63) is 35.9 Å². The molecule has 0 unspecified atom stereocenters. The Hall–Kier alpha value is -0.870. The molecular formula is C16H29IN4O2S. The van der Waals surface area contributed by atoms with E-state index in [0.29, 0.717) is 25.5 Å². The quantitative estimate of drug-likeness (QED) is 0.235. The summed E-state index contributed by atoms with van der Waals surface area (Å²) in [6.45, 7) is 6.17. The Labute approximate surface area is 163 Å². The lowest BCUT2D eigenvalue weighted by atomic mass is 9.85. The number of rotatable bonds is 8. The van der Waals surface area contributed by atoms with Gasteiger partial charge in [-0.3, -0.25) is 4.99 Å². The van der Waals surface area contributed by atoms with Crippen molar-refractivity contribution in [1.29, 1.82) is 0 Å². The van der Waals surface area contributed by atoms with Crippen LogP contribution in [0, 0.1) is 0 Å². The molecule has 1 rings (SSSR count). The predicted octanol–water partition coefficient (Wildman–Crippen LogP) is 1.69. The summed E-state index contributed by atoms with van der Waals surface area (Å²) in [4.78, 5) is 4.19. The van der Waals surface area contributed by atoms with Crippen LogP contribution in [-0.4, -0.2) is 47.3 Å². The molecule has 1 aromatic carbocycles. The van der Waals surface area contributed by atoms with Crippen molar-refractivity contribution in [2.75, 3.05) is 32.9 Å². The number of nitrogens with one attached hydrogen (secondary N) is 3. The number of hydrogen-bond donors (Lipinski definition) is 3. The van der Waals surface area contributed by atoms with Crippen molar-refractivity contribution in [2.24, 2.45) is 4.99 Å². The summed E-state index contributed by atoms with van der Waals surface area (Å²) in [5.41, 5.74) is 1.25. The predicted molar refractivity (Wildman–Crippen MR) is 112 cm³/mol. The summed E-state index contributed by atoms with van der Waals surface area (Å²) in [6, 6.07) is 10.3. The molecule has 0 saturated carbocycles. The third-order valence-corrected chi connectivity index (χ3v) is 4.22. The first-order valence-corrected chi connectivity index (χ1v) is 9.58. The second-order valence-corrected chi connectivity index (χ2v) is 7.96. The maximum Gasteiger partial charge on any atom is 0.208 e. The molecule has 0 aromatic heterocycles. The van der Waals surface area contributed by atoms with Crippen LogP contribution in [0.4, 0.5) is 0 Å². The Morgan fingerprint density at radius 3 is 2.29 bits per heavy atom. The summed E-state index contributed by atoms with van der Waals surface area (Å²) >= 11 is 0. The van der Waals surface area contributed by atoms with Crippen molar-refractivity contribution in [1.82, 2.24) is 15.4 Å². The van der Waals surface area contributed by atoms with E-state index < -0.39 is 10.0 Å². The van der Waals surface area contributed by atoms with Crippen LogP contribution in [-0.2, 0) is 15.4 Å². The van der Waals surface area contributed by atoms with Gasteiger partial charge in [0.05, 0.1) is 6.26 Å². The molecule has 0 heterocycles. The third kappa shape index (κ3) is 9.43. The molecule has 3 N–H and O–H groups in total. The lowest BCUT2D eigenvalue weighted by Crippen LogP contribution is -2.44. The minimum Gasteiger partial charge on any atom is -0.356 e. The highest BCUT2D eigenvalue weighted by atomic mass is 127. The smallest absolute Gasteiger partial charge is 0.208 e. The molecule has 0 bridgehead atoms. The summed E-state index contributed by atoms with van der Waals surface area (Å²) in [6.07, 6.45) is 1.85. The van der Waals surface area contributed by atoms with Crippen LogP contribution in [0.1, 0.15) is 25.8 Å². The standard InChI is InChI=1S/C16H28N4O2S.HI/c1-16(2,14-9-6-5-7-10-14)13-19-15(17-3)18-11-8-12-20-23(4,21)22;/h5-7,9-10,20H,8,11-13H2,1-4H3,(H2,17,18,19);1H. The molecule has 0 aliphatic heterocycles. The van der Waals surface area contributed by atoms with E-state index in [0.717, 1.165) is 12.8 Å². The van der Waals surface area contributed by atoms with Crippen LogP contribution < -0.4 is 15.4 Å². The first-order chi connectivity index (χ1) is 10.7. The van der Waals surface area contributed by atoms with Crippen LogP contribution >= 0.6 is 24.0 Å². The third-order valence-electron chi connectivity index (χ3n) is 3.49. The number of sulfonamides is 1. The Morgan fingerprint density at radius 2 is 1.75 bits per heavy atom. The monoisotopic (exact) mass is 468 g/mol. The minimum atomic E-state index is -3.11. The van der Waals surface area contributed by atoms with Crippen LogP contribution in [0.2, 0.25) is 0 Å². The molecule has 0 aliphatic carbocycles. The SMILES string of the molecule is CN=C(NCCCNS(C)(=O)=O)NCC(C)(C)c1ccccc1.I. The maximum atomic E-state index is 11.0. The van der Waals surface area contributed by atoms with Gasteiger partial charge < -0.3 is 10.6 Å². The average Bonchev–Trinajstić information content (AvgIpc) is 2.50. The molecule has 0 spiro atoms. The molecular weight excluding hydrogens is 439 g/mol. The van der Waals surface area contributed by atoms with Gasteiger partial charge in [0, 0.05) is 32.1 Å². The Bertz CT molecular complexity index is 604. The van der Waals surface area contributed by atoms with E-state index in [1.54, 1.807) is 7.05 Å². The van der Waals surface area contributed by atoms with Crippen molar-refractivity contribution < 1.29 is 8.42 Å². The van der Waals surface area contributed by atoms with Gasteiger partial charge in [-0.05, 0) is 12.0 Å². The normalized spacial score (nSPS) is 12.4. The van der Waals surface area contributed by atoms with Crippen LogP contribution in [0.5, 0.6) is 0 Å². The Kier molecular flexibility index (Phi) is 10.5. The number of guanidine groups is 1. The molecule has 138 valence electrons. The van der Waals surface area contributed by atoms with Gasteiger partial charge in [0.2, 0.25) is 10.0 Å². The second kappa shape index (κ2) is 10.9. The highest BCUT2D eigenvalue weighted by Gasteiger charge is 2.20. The molecule has 0 aliphatic rings. The molecule has 0 radical (unpaired) electrons. The van der Waals surface area contributed by atoms with Crippen molar-refractivity contribution >= 4 is 40.0 Å². The molecule has 0 fully saturated rings. The topological polar surface area (TPSA) is 82.6 Å². The van der Waals surface area contributed by atoms with Gasteiger partial charge in [-0.15, -0.1) is 24.0 Å². The first-order valence-electron chi connectivity index (χ1n) is 7.69. The van der Waals surface area contributed by atoms with Crippen LogP contribution in [0.3, 0.4) is 0 Å². The summed E-state index contributed by atoms with van der Waals surface area (Å²) in [5.74, 6) is 0.716. The van der Waals surface area contributed by atoms with Crippen molar-refractivity contribution in [3.63, 3.8) is 0 Å². The van der Waals surface area contributed by atoms with Gasteiger partial charge in [0.1, 0.15) is 0 Å². The maximum absolute atomic E-state index is 11.0. The summed E-state index contributed by atoms with van der Waals surface area (Å²) < 4.78 is 24.4. The number of hydrogen-bond acceptors (Lipinski definition) is 3.